The Morgan fingerprint density at radius 1 is 1.13 bits per heavy atom. The molecule has 0 radical (unpaired) electrons. The number of carbonyl (C=O) groups excluding carboxylic acids is 2. The molecular weight excluding hydrogens is 520 g/mol. The number of carbonyl (C=O) groups is 2. The summed E-state index contributed by atoms with van der Waals surface area (Å²) in [6.45, 7) is 3.81. The van der Waals surface area contributed by atoms with Gasteiger partial charge in [0.05, 0.1) is 42.4 Å². The second-order valence-electron chi connectivity index (χ2n) is 10.0. The Morgan fingerprint density at radius 3 is 2.51 bits per heavy atom. The minimum Gasteiger partial charge on any atom is -0.485 e. The van der Waals surface area contributed by atoms with Crippen molar-refractivity contribution in [3.8, 4) is 5.75 Å². The zero-order valence-electron chi connectivity index (χ0n) is 22.4. The lowest BCUT2D eigenvalue weighted by Crippen LogP contribution is -2.50. The van der Waals surface area contributed by atoms with Crippen LogP contribution in [0.4, 0.5) is 16.2 Å². The number of amides is 3. The van der Waals surface area contributed by atoms with Crippen LogP contribution in [0, 0.1) is 5.92 Å². The van der Waals surface area contributed by atoms with Gasteiger partial charge in [0, 0.05) is 24.9 Å². The van der Waals surface area contributed by atoms with Crippen LogP contribution in [-0.2, 0) is 10.0 Å². The molecule has 0 aliphatic carbocycles. The summed E-state index contributed by atoms with van der Waals surface area (Å²) in [5.41, 5.74) is 0.973. The molecule has 1 aliphatic rings. The molecule has 10 nitrogen and oxygen atoms in total. The molecule has 0 saturated carbocycles. The molecule has 0 bridgehead atoms. The summed E-state index contributed by atoms with van der Waals surface area (Å²) < 4.78 is 32.9. The van der Waals surface area contributed by atoms with Gasteiger partial charge in [-0.15, -0.1) is 0 Å². The highest BCUT2D eigenvalue weighted by Gasteiger charge is 2.35. The topological polar surface area (TPSA) is 128 Å². The Morgan fingerprint density at radius 2 is 1.79 bits per heavy atom. The minimum atomic E-state index is -3.67. The Bertz CT molecular complexity index is 1470. The number of ether oxygens (including phenoxy) is 1. The van der Waals surface area contributed by atoms with Crippen LogP contribution in [0.3, 0.4) is 0 Å². The lowest BCUT2D eigenvalue weighted by molar-refractivity contribution is 0.0373. The Kier molecular flexibility index (Phi) is 8.31. The summed E-state index contributed by atoms with van der Waals surface area (Å²) in [6.07, 6.45) is 0.416. The van der Waals surface area contributed by atoms with Gasteiger partial charge in [-0.2, -0.15) is 0 Å². The molecule has 3 atom stereocenters. The molecule has 0 unspecified atom stereocenters. The lowest BCUT2D eigenvalue weighted by atomic mass is 9.99. The number of nitrogens with zero attached hydrogens (tertiary/aromatic N) is 2. The van der Waals surface area contributed by atoms with E-state index in [2.05, 4.69) is 10.0 Å². The number of aliphatic hydroxyl groups is 1. The first kappa shape index (κ1) is 28.2. The van der Waals surface area contributed by atoms with Gasteiger partial charge in [-0.1, -0.05) is 49.4 Å². The first-order valence-corrected chi connectivity index (χ1v) is 14.6. The van der Waals surface area contributed by atoms with Crippen molar-refractivity contribution in [2.24, 2.45) is 5.92 Å². The number of aliphatic hydroxyl groups excluding tert-OH is 1. The number of hydrogen-bond acceptors (Lipinski definition) is 6. The van der Waals surface area contributed by atoms with Crippen LogP contribution in [0.15, 0.2) is 60.7 Å². The molecule has 11 heteroatoms. The van der Waals surface area contributed by atoms with E-state index in [9.17, 15) is 23.1 Å². The van der Waals surface area contributed by atoms with Crippen LogP contribution in [0.5, 0.6) is 5.75 Å². The van der Waals surface area contributed by atoms with Gasteiger partial charge < -0.3 is 25.0 Å². The maximum atomic E-state index is 13.5. The number of urea groups is 1. The first-order chi connectivity index (χ1) is 18.5. The number of nitrogens with one attached hydrogen (secondary N) is 2. The molecular formula is C28H34N4O6S. The number of sulfonamides is 1. The summed E-state index contributed by atoms with van der Waals surface area (Å²) in [4.78, 5) is 29.8. The number of hydrogen-bond donors (Lipinski definition) is 3. The van der Waals surface area contributed by atoms with Crippen molar-refractivity contribution in [2.45, 2.75) is 26.0 Å². The summed E-state index contributed by atoms with van der Waals surface area (Å²) >= 11 is 0. The molecule has 3 N–H and O–H groups in total. The van der Waals surface area contributed by atoms with Crippen molar-refractivity contribution < 1.29 is 27.9 Å². The summed E-state index contributed by atoms with van der Waals surface area (Å²) in [6, 6.07) is 17.3. The van der Waals surface area contributed by atoms with Crippen LogP contribution in [-0.4, -0.2) is 80.4 Å². The van der Waals surface area contributed by atoms with Crippen molar-refractivity contribution >= 4 is 44.1 Å². The van der Waals surface area contributed by atoms with Crippen LogP contribution in [0.2, 0.25) is 0 Å². The highest BCUT2D eigenvalue weighted by atomic mass is 32.2. The fourth-order valence-electron chi connectivity index (χ4n) is 4.64. The van der Waals surface area contributed by atoms with Gasteiger partial charge in [0.1, 0.15) is 6.10 Å². The van der Waals surface area contributed by atoms with E-state index in [0.717, 1.165) is 17.0 Å². The molecule has 208 valence electrons. The van der Waals surface area contributed by atoms with Crippen molar-refractivity contribution in [1.82, 2.24) is 9.80 Å². The summed E-state index contributed by atoms with van der Waals surface area (Å²) in [7, 11) is -2.02. The third-order valence-electron chi connectivity index (χ3n) is 6.82. The maximum Gasteiger partial charge on any atom is 0.321 e. The largest absolute Gasteiger partial charge is 0.485 e. The second kappa shape index (κ2) is 11.5. The number of anilines is 2. The van der Waals surface area contributed by atoms with E-state index in [1.165, 1.54) is 11.0 Å². The molecule has 0 aromatic heterocycles. The van der Waals surface area contributed by atoms with Crippen LogP contribution >= 0.6 is 0 Å². The highest BCUT2D eigenvalue weighted by Crippen LogP contribution is 2.35. The van der Waals surface area contributed by atoms with Gasteiger partial charge in [-0.05, 0) is 30.5 Å². The average Bonchev–Trinajstić information content (AvgIpc) is 2.89. The van der Waals surface area contributed by atoms with Crippen molar-refractivity contribution in [2.75, 3.05) is 43.0 Å². The normalized spacial score (nSPS) is 18.4. The fourth-order valence-corrected chi connectivity index (χ4v) is 5.20. The number of fused-ring (bicyclic) bond motifs is 2. The van der Waals surface area contributed by atoms with Crippen LogP contribution in [0.25, 0.3) is 10.8 Å². The molecule has 4 rings (SSSR count). The number of rotatable bonds is 7. The number of benzene rings is 3. The minimum absolute atomic E-state index is 0.0856. The van der Waals surface area contributed by atoms with Crippen molar-refractivity contribution in [1.29, 1.82) is 0 Å². The molecule has 1 aliphatic heterocycles. The third-order valence-corrected chi connectivity index (χ3v) is 7.41. The predicted molar refractivity (Wildman–Crippen MR) is 152 cm³/mol. The van der Waals surface area contributed by atoms with Gasteiger partial charge in [-0.25, -0.2) is 13.2 Å². The van der Waals surface area contributed by atoms with E-state index in [-0.39, 0.29) is 54.6 Å². The van der Waals surface area contributed by atoms with E-state index in [0.29, 0.717) is 5.69 Å². The third kappa shape index (κ3) is 6.43. The molecule has 0 spiro atoms. The second-order valence-corrected chi connectivity index (χ2v) is 11.8. The maximum absolute atomic E-state index is 13.5. The summed E-state index contributed by atoms with van der Waals surface area (Å²) in [5, 5.41) is 14.7. The molecule has 3 amide bonds. The summed E-state index contributed by atoms with van der Waals surface area (Å²) in [5.74, 6) is -0.561. The van der Waals surface area contributed by atoms with Gasteiger partial charge in [0.2, 0.25) is 10.0 Å². The van der Waals surface area contributed by atoms with Gasteiger partial charge in [0.15, 0.2) is 5.75 Å². The van der Waals surface area contributed by atoms with E-state index >= 15 is 0 Å². The lowest BCUT2D eigenvalue weighted by Gasteiger charge is -2.38. The van der Waals surface area contributed by atoms with Crippen molar-refractivity contribution in [3.05, 3.63) is 66.2 Å². The molecule has 0 fully saturated rings. The van der Waals surface area contributed by atoms with Crippen molar-refractivity contribution in [3.63, 3.8) is 0 Å². The Hall–Kier alpha value is -3.83. The van der Waals surface area contributed by atoms with E-state index in [1.807, 2.05) is 49.4 Å². The number of likely N-dealkylation sites (N-methyl/N-ethyl adjacent to an activating group) is 1. The molecule has 3 aromatic rings. The smallest absolute Gasteiger partial charge is 0.321 e. The van der Waals surface area contributed by atoms with Crippen LogP contribution < -0.4 is 14.8 Å². The van der Waals surface area contributed by atoms with E-state index < -0.39 is 22.2 Å². The molecule has 0 saturated heterocycles. The first-order valence-electron chi connectivity index (χ1n) is 12.7. The molecule has 1 heterocycles. The molecule has 39 heavy (non-hydrogen) atoms. The predicted octanol–water partition coefficient (Wildman–Crippen LogP) is 3.60. The Labute approximate surface area is 228 Å². The van der Waals surface area contributed by atoms with E-state index in [4.69, 9.17) is 4.74 Å². The quantitative estimate of drug-likeness (QED) is 0.410. The average molecular weight is 555 g/mol. The van der Waals surface area contributed by atoms with Gasteiger partial charge in [0.25, 0.3) is 5.91 Å². The van der Waals surface area contributed by atoms with Gasteiger partial charge >= 0.3 is 6.03 Å². The SMILES string of the molecule is C[C@@H]1CN([C@H](C)CO)C(=O)c2cccc(NS(C)(=O)=O)c2O[C@H]1CN(C)C(=O)Nc1cccc2ccccc12. The standard InChI is InChI=1S/C28H34N4O6S/c1-18-15-32(19(2)17-33)27(34)22-12-8-14-24(30-39(4,36)37)26(22)38-25(18)16-31(3)28(35)29-23-13-7-10-20-9-5-6-11-21(20)23/h5-14,18-19,25,30,33H,15-17H2,1-4H3,(H,29,35)/t18-,19-,25+/m1/s1. The highest BCUT2D eigenvalue weighted by molar-refractivity contribution is 7.92. The van der Waals surface area contributed by atoms with E-state index in [1.54, 1.807) is 31.0 Å². The zero-order valence-corrected chi connectivity index (χ0v) is 23.2. The van der Waals surface area contributed by atoms with Crippen LogP contribution in [0.1, 0.15) is 24.2 Å². The molecule has 3 aromatic carbocycles. The Balaban J connectivity index is 1.64. The monoisotopic (exact) mass is 554 g/mol. The van der Waals surface area contributed by atoms with Gasteiger partial charge in [-0.3, -0.25) is 9.52 Å². The number of para-hydroxylation sites is 1. The zero-order chi connectivity index (χ0) is 28.3. The fraction of sp³-hybridized carbons (Fsp3) is 0.357.